The van der Waals surface area contributed by atoms with Crippen LogP contribution in [-0.2, 0) is 19.1 Å². The van der Waals surface area contributed by atoms with Crippen LogP contribution in [0.25, 0.3) is 0 Å². The van der Waals surface area contributed by atoms with Gasteiger partial charge in [0.05, 0.1) is 17.1 Å². The summed E-state index contributed by atoms with van der Waals surface area (Å²) in [4.78, 5) is 36.9. The van der Waals surface area contributed by atoms with Gasteiger partial charge in [-0.05, 0) is 30.7 Å². The van der Waals surface area contributed by atoms with E-state index in [1.165, 1.54) is 12.1 Å². The zero-order valence-electron chi connectivity index (χ0n) is 19.0. The van der Waals surface area contributed by atoms with Crippen LogP contribution in [0.15, 0.2) is 46.8 Å². The third-order valence-corrected chi connectivity index (χ3v) is 5.71. The lowest BCUT2D eigenvalue weighted by Crippen LogP contribution is -2.38. The Balaban J connectivity index is 1.98. The van der Waals surface area contributed by atoms with Crippen molar-refractivity contribution in [1.82, 2.24) is 5.32 Å². The van der Waals surface area contributed by atoms with Crippen LogP contribution >= 0.6 is 0 Å². The number of esters is 1. The van der Waals surface area contributed by atoms with Gasteiger partial charge in [0, 0.05) is 48.0 Å². The number of ketones is 1. The van der Waals surface area contributed by atoms with Crippen molar-refractivity contribution in [2.45, 2.75) is 52.9 Å². The first-order valence-electron chi connectivity index (χ1n) is 10.9. The van der Waals surface area contributed by atoms with Gasteiger partial charge in [-0.2, -0.15) is 0 Å². The van der Waals surface area contributed by atoms with E-state index in [1.807, 2.05) is 20.8 Å². The van der Waals surface area contributed by atoms with Crippen LogP contribution in [0.1, 0.15) is 58.4 Å². The Labute approximate surface area is 187 Å². The molecule has 0 bridgehead atoms. The topological polar surface area (TPSA) is 108 Å². The van der Waals surface area contributed by atoms with Crippen LogP contribution in [0.2, 0.25) is 0 Å². The number of nitrogens with one attached hydrogen (secondary N) is 1. The summed E-state index contributed by atoms with van der Waals surface area (Å²) in [5.74, 6) is -1.20. The largest absolute Gasteiger partial charge is 0.460 e. The molecular weight excluding hydrogens is 412 g/mol. The Kier molecular flexibility index (Phi) is 7.13. The molecule has 32 heavy (non-hydrogen) atoms. The molecule has 1 N–H and O–H groups in total. The first-order chi connectivity index (χ1) is 15.1. The van der Waals surface area contributed by atoms with E-state index < -0.39 is 16.8 Å². The number of carbonyl (C=O) groups excluding carboxylic acids is 2. The van der Waals surface area contributed by atoms with Gasteiger partial charge in [0.15, 0.2) is 5.78 Å². The molecular formula is C24H30N2O6. The number of nitro groups is 1. The van der Waals surface area contributed by atoms with Crippen molar-refractivity contribution >= 4 is 17.4 Å². The maximum Gasteiger partial charge on any atom is 0.336 e. The van der Waals surface area contributed by atoms with Gasteiger partial charge in [-0.1, -0.05) is 32.9 Å². The van der Waals surface area contributed by atoms with Crippen molar-refractivity contribution in [2.24, 2.45) is 5.41 Å². The van der Waals surface area contributed by atoms with E-state index in [2.05, 4.69) is 5.32 Å². The zero-order chi connectivity index (χ0) is 23.5. The summed E-state index contributed by atoms with van der Waals surface area (Å²) in [5, 5.41) is 14.4. The Morgan fingerprint density at radius 2 is 1.88 bits per heavy atom. The highest BCUT2D eigenvalue weighted by Crippen LogP contribution is 2.46. The lowest BCUT2D eigenvalue weighted by atomic mass is 9.68. The number of carbonyl (C=O) groups is 2. The van der Waals surface area contributed by atoms with Crippen LogP contribution in [-0.4, -0.2) is 36.5 Å². The molecule has 0 saturated carbocycles. The maximum atomic E-state index is 13.2. The number of non-ortho nitro benzene ring substituents is 1. The highest BCUT2D eigenvalue weighted by molar-refractivity contribution is 6.04. The summed E-state index contributed by atoms with van der Waals surface area (Å²) in [7, 11) is 0. The van der Waals surface area contributed by atoms with Crippen molar-refractivity contribution in [1.29, 1.82) is 0 Å². The van der Waals surface area contributed by atoms with Crippen molar-refractivity contribution in [3.05, 3.63) is 62.5 Å². The normalized spacial score (nSPS) is 20.0. The molecule has 1 aromatic rings. The zero-order valence-corrected chi connectivity index (χ0v) is 19.0. The quantitative estimate of drug-likeness (QED) is 0.279. The number of nitro benzene ring substituents is 1. The number of Topliss-reactive ketones (excluding diaryl/α,β-unsaturated/α-hetero) is 1. The van der Waals surface area contributed by atoms with Gasteiger partial charge in [-0.15, -0.1) is 0 Å². The van der Waals surface area contributed by atoms with Gasteiger partial charge in [0.1, 0.15) is 6.61 Å². The number of ether oxygens (including phenoxy) is 2. The summed E-state index contributed by atoms with van der Waals surface area (Å²) < 4.78 is 10.8. The smallest absolute Gasteiger partial charge is 0.336 e. The van der Waals surface area contributed by atoms with Crippen molar-refractivity contribution in [2.75, 3.05) is 19.8 Å². The third-order valence-electron chi connectivity index (χ3n) is 5.71. The van der Waals surface area contributed by atoms with Gasteiger partial charge in [-0.3, -0.25) is 14.9 Å². The predicted octanol–water partition coefficient (Wildman–Crippen LogP) is 4.17. The number of hydrogen-bond donors (Lipinski definition) is 1. The minimum Gasteiger partial charge on any atom is -0.460 e. The number of nitrogens with zero attached hydrogens (tertiary/aromatic N) is 1. The molecule has 1 aliphatic heterocycles. The molecule has 1 aliphatic carbocycles. The van der Waals surface area contributed by atoms with Crippen molar-refractivity contribution in [3.8, 4) is 0 Å². The monoisotopic (exact) mass is 442 g/mol. The molecule has 1 atom stereocenters. The molecule has 172 valence electrons. The minimum absolute atomic E-state index is 0.0313. The molecule has 0 fully saturated rings. The van der Waals surface area contributed by atoms with Crippen molar-refractivity contribution < 1.29 is 24.0 Å². The lowest BCUT2D eigenvalue weighted by molar-refractivity contribution is -0.384. The number of allylic oxidation sites excluding steroid dienone is 3. The van der Waals surface area contributed by atoms with Gasteiger partial charge < -0.3 is 14.8 Å². The maximum absolute atomic E-state index is 13.2. The van der Waals surface area contributed by atoms with E-state index in [4.69, 9.17) is 9.47 Å². The van der Waals surface area contributed by atoms with Crippen LogP contribution in [0.4, 0.5) is 5.69 Å². The number of rotatable bonds is 8. The van der Waals surface area contributed by atoms with E-state index in [1.54, 1.807) is 19.1 Å². The van der Waals surface area contributed by atoms with Crippen LogP contribution in [0.5, 0.6) is 0 Å². The Bertz CT molecular complexity index is 975. The van der Waals surface area contributed by atoms with E-state index in [0.717, 1.165) is 12.1 Å². The SMILES string of the molecule is CCCOCCOC(=O)C1=C(C)NC2=C(C(=O)CC(C)(C)C2)[C@H]1c1ccc([N+](=O)[O-])cc1. The molecule has 2 aliphatic rings. The molecule has 8 heteroatoms. The van der Waals surface area contributed by atoms with Gasteiger partial charge in [0.2, 0.25) is 0 Å². The lowest BCUT2D eigenvalue weighted by Gasteiger charge is -2.39. The molecule has 0 amide bonds. The average Bonchev–Trinajstić information content (AvgIpc) is 2.71. The summed E-state index contributed by atoms with van der Waals surface area (Å²) in [6.07, 6.45) is 1.91. The molecule has 0 radical (unpaired) electrons. The third kappa shape index (κ3) is 5.07. The fourth-order valence-corrected chi connectivity index (χ4v) is 4.35. The highest BCUT2D eigenvalue weighted by Gasteiger charge is 2.43. The summed E-state index contributed by atoms with van der Waals surface area (Å²) in [5.41, 5.74) is 2.71. The van der Waals surface area contributed by atoms with E-state index in [9.17, 15) is 19.7 Å². The van der Waals surface area contributed by atoms with Crippen LogP contribution in [0.3, 0.4) is 0 Å². The first-order valence-corrected chi connectivity index (χ1v) is 10.9. The number of benzene rings is 1. The molecule has 1 heterocycles. The predicted molar refractivity (Wildman–Crippen MR) is 119 cm³/mol. The molecule has 0 unspecified atom stereocenters. The molecule has 0 spiro atoms. The Hall–Kier alpha value is -3.00. The van der Waals surface area contributed by atoms with E-state index in [-0.39, 0.29) is 23.5 Å². The minimum atomic E-state index is -0.639. The summed E-state index contributed by atoms with van der Waals surface area (Å²) in [6, 6.07) is 6.00. The van der Waals surface area contributed by atoms with Crippen molar-refractivity contribution in [3.63, 3.8) is 0 Å². The highest BCUT2D eigenvalue weighted by atomic mass is 16.6. The fourth-order valence-electron chi connectivity index (χ4n) is 4.35. The first kappa shape index (κ1) is 23.7. The number of dihydropyridines is 1. The molecule has 0 saturated heterocycles. The van der Waals surface area contributed by atoms with Gasteiger partial charge in [0.25, 0.3) is 5.69 Å². The summed E-state index contributed by atoms with van der Waals surface area (Å²) >= 11 is 0. The second-order valence-corrected chi connectivity index (χ2v) is 9.03. The standard InChI is InChI=1S/C24H30N2O6/c1-5-10-31-11-12-32-23(28)20-15(2)25-18-13-24(3,4)14-19(27)22(18)21(20)16-6-8-17(9-7-16)26(29)30/h6-9,21,25H,5,10-14H2,1-4H3/t21-/m0/s1. The molecule has 0 aromatic heterocycles. The number of hydrogen-bond acceptors (Lipinski definition) is 7. The fraction of sp³-hybridized carbons (Fsp3) is 0.500. The molecule has 8 nitrogen and oxygen atoms in total. The average molecular weight is 443 g/mol. The van der Waals surface area contributed by atoms with Crippen LogP contribution < -0.4 is 5.32 Å². The molecule has 1 aromatic carbocycles. The summed E-state index contributed by atoms with van der Waals surface area (Å²) in [6.45, 7) is 8.85. The molecule has 3 rings (SSSR count). The Morgan fingerprint density at radius 1 is 1.19 bits per heavy atom. The van der Waals surface area contributed by atoms with E-state index >= 15 is 0 Å². The second kappa shape index (κ2) is 9.65. The van der Waals surface area contributed by atoms with Gasteiger partial charge >= 0.3 is 5.97 Å². The Morgan fingerprint density at radius 3 is 2.50 bits per heavy atom. The van der Waals surface area contributed by atoms with Gasteiger partial charge in [-0.25, -0.2) is 4.79 Å². The van der Waals surface area contributed by atoms with E-state index in [0.29, 0.717) is 48.5 Å². The second-order valence-electron chi connectivity index (χ2n) is 9.03. The van der Waals surface area contributed by atoms with Crippen LogP contribution in [0, 0.1) is 15.5 Å².